The van der Waals surface area contributed by atoms with E-state index in [0.717, 1.165) is 18.4 Å². The summed E-state index contributed by atoms with van der Waals surface area (Å²) in [5.74, 6) is 0. The summed E-state index contributed by atoms with van der Waals surface area (Å²) < 4.78 is 18.6. The lowest BCUT2D eigenvalue weighted by Gasteiger charge is -2.46. The van der Waals surface area contributed by atoms with Crippen molar-refractivity contribution in [2.24, 2.45) is 0 Å². The van der Waals surface area contributed by atoms with Crippen LogP contribution in [0.2, 0.25) is 18.1 Å². The van der Waals surface area contributed by atoms with Crippen molar-refractivity contribution in [1.82, 2.24) is 4.90 Å². The molecule has 0 saturated carbocycles. The van der Waals surface area contributed by atoms with Crippen LogP contribution >= 0.6 is 0 Å². The lowest BCUT2D eigenvalue weighted by molar-refractivity contribution is -0.0478. The van der Waals surface area contributed by atoms with E-state index in [0.29, 0.717) is 19.8 Å². The molecule has 170 valence electrons. The van der Waals surface area contributed by atoms with Crippen molar-refractivity contribution >= 4 is 14.4 Å². The van der Waals surface area contributed by atoms with Gasteiger partial charge in [0.15, 0.2) is 8.32 Å². The number of benzene rings is 1. The van der Waals surface area contributed by atoms with E-state index >= 15 is 0 Å². The third-order valence-corrected chi connectivity index (χ3v) is 10.5. The first-order valence-electron chi connectivity index (χ1n) is 11.1. The second kappa shape index (κ2) is 9.84. The van der Waals surface area contributed by atoms with Gasteiger partial charge in [-0.25, -0.2) is 4.79 Å². The maximum absolute atomic E-state index is 13.0. The summed E-state index contributed by atoms with van der Waals surface area (Å²) in [6.45, 7) is 18.6. The van der Waals surface area contributed by atoms with Gasteiger partial charge in [-0.3, -0.25) is 0 Å². The molecule has 0 aromatic heterocycles. The van der Waals surface area contributed by atoms with Crippen LogP contribution in [-0.2, 0) is 20.5 Å². The Labute approximate surface area is 184 Å². The predicted molar refractivity (Wildman–Crippen MR) is 124 cm³/mol. The van der Waals surface area contributed by atoms with Gasteiger partial charge in [-0.05, 0) is 57.3 Å². The highest BCUT2D eigenvalue weighted by atomic mass is 28.4. The first-order chi connectivity index (χ1) is 13.8. The topological polar surface area (TPSA) is 48.0 Å². The normalized spacial score (nSPS) is 20.9. The Kier molecular flexibility index (Phi) is 8.16. The van der Waals surface area contributed by atoms with E-state index in [9.17, 15) is 4.79 Å². The Morgan fingerprint density at radius 1 is 1.10 bits per heavy atom. The zero-order valence-corrected chi connectivity index (χ0v) is 21.2. The second-order valence-corrected chi connectivity index (χ2v) is 15.6. The minimum Gasteiger partial charge on any atom is -0.444 e. The van der Waals surface area contributed by atoms with Crippen molar-refractivity contribution < 1.29 is 18.7 Å². The van der Waals surface area contributed by atoms with Gasteiger partial charge in [0.25, 0.3) is 0 Å². The van der Waals surface area contributed by atoms with Crippen molar-refractivity contribution in [2.75, 3.05) is 13.2 Å². The molecule has 0 aliphatic carbocycles. The summed E-state index contributed by atoms with van der Waals surface area (Å²) in [4.78, 5) is 14.8. The number of hydrogen-bond acceptors (Lipinski definition) is 4. The van der Waals surface area contributed by atoms with E-state index in [1.165, 1.54) is 0 Å². The average Bonchev–Trinajstić information content (AvgIpc) is 2.61. The van der Waals surface area contributed by atoms with Crippen LogP contribution in [0.4, 0.5) is 4.79 Å². The van der Waals surface area contributed by atoms with Gasteiger partial charge in [0.05, 0.1) is 25.4 Å². The molecule has 1 fully saturated rings. The van der Waals surface area contributed by atoms with Gasteiger partial charge >= 0.3 is 6.09 Å². The molecule has 30 heavy (non-hydrogen) atoms. The number of likely N-dealkylation sites (tertiary alicyclic amines) is 1. The Morgan fingerprint density at radius 2 is 1.73 bits per heavy atom. The molecular weight excluding hydrogens is 394 g/mol. The first kappa shape index (κ1) is 24.9. The van der Waals surface area contributed by atoms with Gasteiger partial charge in [-0.15, -0.1) is 0 Å². The van der Waals surface area contributed by atoms with Crippen LogP contribution in [0, 0.1) is 0 Å². The molecule has 1 heterocycles. The van der Waals surface area contributed by atoms with Crippen LogP contribution in [-0.4, -0.2) is 50.2 Å². The van der Waals surface area contributed by atoms with Crippen molar-refractivity contribution in [3.63, 3.8) is 0 Å². The summed E-state index contributed by atoms with van der Waals surface area (Å²) in [6, 6.07) is 9.97. The maximum atomic E-state index is 13.0. The average molecular weight is 436 g/mol. The van der Waals surface area contributed by atoms with Gasteiger partial charge < -0.3 is 18.8 Å². The van der Waals surface area contributed by atoms with E-state index in [4.69, 9.17) is 13.9 Å². The van der Waals surface area contributed by atoms with E-state index < -0.39 is 13.9 Å². The molecule has 0 radical (unpaired) electrons. The van der Waals surface area contributed by atoms with Crippen LogP contribution in [0.25, 0.3) is 0 Å². The molecule has 5 nitrogen and oxygen atoms in total. The summed E-state index contributed by atoms with van der Waals surface area (Å²) in [5.41, 5.74) is 0.596. The quantitative estimate of drug-likeness (QED) is 0.515. The minimum absolute atomic E-state index is 0.0390. The molecule has 1 saturated heterocycles. The molecule has 1 aromatic carbocycles. The van der Waals surface area contributed by atoms with E-state index in [1.807, 2.05) is 43.9 Å². The molecule has 2 atom stereocenters. The molecule has 6 heteroatoms. The number of carbonyl (C=O) groups excluding carboxylic acids is 1. The van der Waals surface area contributed by atoms with Crippen LogP contribution in [0.15, 0.2) is 30.3 Å². The molecule has 0 unspecified atom stereocenters. The standard InChI is InChI=1S/C24H41NO4Si/c1-23(2,3)28-22(26)25-16-12-15-21(29-30(7,8)24(4,5)6)20(25)18-27-17-19-13-10-9-11-14-19/h9-11,13-14,20-21H,12,15-18H2,1-8H3/t20-,21+/m1/s1. The molecule has 1 amide bonds. The fourth-order valence-corrected chi connectivity index (χ4v) is 4.72. The summed E-state index contributed by atoms with van der Waals surface area (Å²) in [6.07, 6.45) is 1.53. The van der Waals surface area contributed by atoms with Gasteiger partial charge in [0, 0.05) is 6.54 Å². The van der Waals surface area contributed by atoms with Crippen LogP contribution in [0.5, 0.6) is 0 Å². The van der Waals surface area contributed by atoms with Gasteiger partial charge in [0.2, 0.25) is 0 Å². The summed E-state index contributed by atoms with van der Waals surface area (Å²) in [7, 11) is -1.98. The largest absolute Gasteiger partial charge is 0.444 e. The van der Waals surface area contributed by atoms with Gasteiger partial charge in [0.1, 0.15) is 5.60 Å². The molecule has 1 aromatic rings. The van der Waals surface area contributed by atoms with E-state index in [-0.39, 0.29) is 23.3 Å². The van der Waals surface area contributed by atoms with E-state index in [1.54, 1.807) is 0 Å². The number of nitrogens with zero attached hydrogens (tertiary/aromatic N) is 1. The molecule has 1 aliphatic rings. The SMILES string of the molecule is CC(C)(C)OC(=O)N1CCC[C@H](O[Si](C)(C)C(C)(C)C)[C@H]1COCc1ccccc1. The van der Waals surface area contributed by atoms with Crippen LogP contribution in [0.1, 0.15) is 59.9 Å². The van der Waals surface area contributed by atoms with Crippen molar-refractivity contribution in [3.05, 3.63) is 35.9 Å². The van der Waals surface area contributed by atoms with Crippen molar-refractivity contribution in [1.29, 1.82) is 0 Å². The molecular formula is C24H41NO4Si. The first-order valence-corrected chi connectivity index (χ1v) is 14.0. The lowest BCUT2D eigenvalue weighted by Crippen LogP contribution is -2.58. The maximum Gasteiger partial charge on any atom is 0.410 e. The van der Waals surface area contributed by atoms with Crippen LogP contribution in [0.3, 0.4) is 0 Å². The van der Waals surface area contributed by atoms with Crippen molar-refractivity contribution in [2.45, 2.75) is 96.9 Å². The molecule has 2 rings (SSSR count). The molecule has 0 N–H and O–H groups in total. The summed E-state index contributed by atoms with van der Waals surface area (Å²) in [5, 5.41) is 0.108. The van der Waals surface area contributed by atoms with Crippen LogP contribution < -0.4 is 0 Å². The number of ether oxygens (including phenoxy) is 2. The molecule has 0 spiro atoms. The summed E-state index contributed by atoms with van der Waals surface area (Å²) >= 11 is 0. The fraction of sp³-hybridized carbons (Fsp3) is 0.708. The number of piperidine rings is 1. The fourth-order valence-electron chi connectivity index (χ4n) is 3.33. The number of amides is 1. The second-order valence-electron chi connectivity index (χ2n) is 10.8. The molecule has 0 bridgehead atoms. The van der Waals surface area contributed by atoms with E-state index in [2.05, 4.69) is 46.0 Å². The minimum atomic E-state index is -1.98. The zero-order valence-electron chi connectivity index (χ0n) is 20.2. The Hall–Kier alpha value is -1.37. The smallest absolute Gasteiger partial charge is 0.410 e. The number of hydrogen-bond donors (Lipinski definition) is 0. The third-order valence-electron chi connectivity index (χ3n) is 6.00. The monoisotopic (exact) mass is 435 g/mol. The zero-order chi connectivity index (χ0) is 22.6. The third kappa shape index (κ3) is 7.10. The Bertz CT molecular complexity index is 679. The van der Waals surface area contributed by atoms with Gasteiger partial charge in [-0.2, -0.15) is 0 Å². The Balaban J connectivity index is 2.17. The highest BCUT2D eigenvalue weighted by Crippen LogP contribution is 2.39. The Morgan fingerprint density at radius 3 is 2.30 bits per heavy atom. The highest BCUT2D eigenvalue weighted by Gasteiger charge is 2.44. The predicted octanol–water partition coefficient (Wildman–Crippen LogP) is 5.99. The number of rotatable bonds is 6. The number of carbonyl (C=O) groups is 1. The van der Waals surface area contributed by atoms with Crippen molar-refractivity contribution in [3.8, 4) is 0 Å². The molecule has 1 aliphatic heterocycles. The highest BCUT2D eigenvalue weighted by molar-refractivity contribution is 6.74. The lowest BCUT2D eigenvalue weighted by atomic mass is 10.00. The van der Waals surface area contributed by atoms with Gasteiger partial charge in [-0.1, -0.05) is 51.1 Å².